The monoisotopic (exact) mass is 380 g/mol. The summed E-state index contributed by atoms with van der Waals surface area (Å²) >= 11 is 0. The number of hydrogen-bond donors (Lipinski definition) is 0. The number of methoxy groups -OCH3 is 1. The molecule has 0 N–H and O–H groups in total. The second-order valence-corrected chi connectivity index (χ2v) is 7.36. The normalized spacial score (nSPS) is 16.7. The van der Waals surface area contributed by atoms with Crippen molar-refractivity contribution in [3.05, 3.63) is 65.7 Å². The summed E-state index contributed by atoms with van der Waals surface area (Å²) in [6.45, 7) is 1.67. The van der Waals surface area contributed by atoms with Gasteiger partial charge in [-0.2, -0.15) is 0 Å². The molecule has 1 heterocycles. The van der Waals surface area contributed by atoms with Crippen LogP contribution in [0.2, 0.25) is 0 Å². The van der Waals surface area contributed by atoms with Crippen LogP contribution in [-0.2, 0) is 22.6 Å². The third-order valence-electron chi connectivity index (χ3n) is 5.31. The zero-order valence-electron chi connectivity index (χ0n) is 16.6. The van der Waals surface area contributed by atoms with Crippen LogP contribution in [0.5, 0.6) is 5.75 Å². The number of nitrogens with zero attached hydrogens (tertiary/aromatic N) is 2. The fourth-order valence-electron chi connectivity index (χ4n) is 3.62. The minimum atomic E-state index is -0.135. The Bertz CT molecular complexity index is 807. The Morgan fingerprint density at radius 2 is 1.89 bits per heavy atom. The highest BCUT2D eigenvalue weighted by Gasteiger charge is 2.31. The number of carbonyl (C=O) groups is 2. The first-order valence-electron chi connectivity index (χ1n) is 9.76. The van der Waals surface area contributed by atoms with Crippen LogP contribution < -0.4 is 4.74 Å². The summed E-state index contributed by atoms with van der Waals surface area (Å²) in [5, 5.41) is 0. The van der Waals surface area contributed by atoms with Gasteiger partial charge in [0.25, 0.3) is 0 Å². The smallest absolute Gasteiger partial charge is 0.227 e. The van der Waals surface area contributed by atoms with E-state index in [-0.39, 0.29) is 17.7 Å². The molecule has 5 heteroatoms. The zero-order chi connectivity index (χ0) is 19.9. The van der Waals surface area contributed by atoms with Gasteiger partial charge in [-0.15, -0.1) is 0 Å². The molecule has 1 saturated heterocycles. The number of piperidine rings is 1. The van der Waals surface area contributed by atoms with Gasteiger partial charge in [-0.25, -0.2) is 0 Å². The van der Waals surface area contributed by atoms with Crippen LogP contribution in [0.4, 0.5) is 0 Å². The highest BCUT2D eigenvalue weighted by atomic mass is 16.5. The van der Waals surface area contributed by atoms with Crippen molar-refractivity contribution < 1.29 is 14.3 Å². The van der Waals surface area contributed by atoms with Gasteiger partial charge < -0.3 is 14.5 Å². The number of ether oxygens (including phenoxy) is 1. The minimum Gasteiger partial charge on any atom is -0.497 e. The SMILES string of the molecule is COc1cccc(CN2C[C@@H](C(=O)N(C)CCc3ccccc3)CCC2=O)c1. The lowest BCUT2D eigenvalue weighted by Gasteiger charge is -2.34. The second kappa shape index (κ2) is 9.40. The van der Waals surface area contributed by atoms with Crippen LogP contribution in [0.1, 0.15) is 24.0 Å². The van der Waals surface area contributed by atoms with Crippen LogP contribution in [0.25, 0.3) is 0 Å². The first kappa shape index (κ1) is 19.9. The number of rotatable bonds is 7. The average Bonchev–Trinajstić information content (AvgIpc) is 2.74. The van der Waals surface area contributed by atoms with Crippen molar-refractivity contribution in [2.75, 3.05) is 27.2 Å². The predicted octanol–water partition coefficient (Wildman–Crippen LogP) is 3.13. The van der Waals surface area contributed by atoms with Crippen LogP contribution in [0, 0.1) is 5.92 Å². The molecule has 1 aliphatic rings. The Balaban J connectivity index is 1.57. The van der Waals surface area contributed by atoms with Crippen molar-refractivity contribution in [1.29, 1.82) is 0 Å². The number of likely N-dealkylation sites (N-methyl/N-ethyl adjacent to an activating group) is 1. The quantitative estimate of drug-likeness (QED) is 0.742. The lowest BCUT2D eigenvalue weighted by Crippen LogP contribution is -2.46. The number of amides is 2. The van der Waals surface area contributed by atoms with Crippen molar-refractivity contribution in [3.8, 4) is 5.75 Å². The van der Waals surface area contributed by atoms with Gasteiger partial charge in [0, 0.05) is 33.1 Å². The minimum absolute atomic E-state index is 0.110. The molecular formula is C23H28N2O3. The first-order chi connectivity index (χ1) is 13.6. The molecule has 0 aliphatic carbocycles. The van der Waals surface area contributed by atoms with Crippen LogP contribution in [0.15, 0.2) is 54.6 Å². The average molecular weight is 380 g/mol. The molecule has 0 radical (unpaired) electrons. The van der Waals surface area contributed by atoms with Gasteiger partial charge in [-0.05, 0) is 36.1 Å². The predicted molar refractivity (Wildman–Crippen MR) is 109 cm³/mol. The maximum Gasteiger partial charge on any atom is 0.227 e. The van der Waals surface area contributed by atoms with E-state index < -0.39 is 0 Å². The molecule has 1 fully saturated rings. The third-order valence-corrected chi connectivity index (χ3v) is 5.31. The van der Waals surface area contributed by atoms with Gasteiger partial charge in [0.15, 0.2) is 0 Å². The third kappa shape index (κ3) is 5.12. The van der Waals surface area contributed by atoms with Crippen LogP contribution >= 0.6 is 0 Å². The summed E-state index contributed by atoms with van der Waals surface area (Å²) in [4.78, 5) is 28.9. The molecule has 28 heavy (non-hydrogen) atoms. The van der Waals surface area contributed by atoms with E-state index in [9.17, 15) is 9.59 Å². The maximum absolute atomic E-state index is 12.9. The van der Waals surface area contributed by atoms with E-state index in [0.717, 1.165) is 17.7 Å². The summed E-state index contributed by atoms with van der Waals surface area (Å²) in [7, 11) is 3.49. The molecule has 0 spiro atoms. The van der Waals surface area contributed by atoms with Crippen molar-refractivity contribution in [3.63, 3.8) is 0 Å². The molecule has 1 aliphatic heterocycles. The Hall–Kier alpha value is -2.82. The molecule has 2 amide bonds. The molecule has 0 bridgehead atoms. The Morgan fingerprint density at radius 1 is 1.14 bits per heavy atom. The summed E-state index contributed by atoms with van der Waals surface area (Å²) in [6.07, 6.45) is 1.89. The zero-order valence-corrected chi connectivity index (χ0v) is 16.6. The molecule has 148 valence electrons. The van der Waals surface area contributed by atoms with Gasteiger partial charge in [-0.3, -0.25) is 9.59 Å². The van der Waals surface area contributed by atoms with Crippen molar-refractivity contribution in [2.24, 2.45) is 5.92 Å². The van der Waals surface area contributed by atoms with E-state index in [1.54, 1.807) is 16.9 Å². The van der Waals surface area contributed by atoms with E-state index >= 15 is 0 Å². The topological polar surface area (TPSA) is 49.9 Å². The fourth-order valence-corrected chi connectivity index (χ4v) is 3.62. The maximum atomic E-state index is 12.9. The summed E-state index contributed by atoms with van der Waals surface area (Å²) < 4.78 is 5.26. The second-order valence-electron chi connectivity index (χ2n) is 7.36. The molecule has 1 atom stereocenters. The largest absolute Gasteiger partial charge is 0.497 e. The Labute approximate surface area is 166 Å². The van der Waals surface area contributed by atoms with Gasteiger partial charge >= 0.3 is 0 Å². The molecule has 0 aromatic heterocycles. The number of benzene rings is 2. The fraction of sp³-hybridized carbons (Fsp3) is 0.391. The lowest BCUT2D eigenvalue weighted by atomic mass is 9.95. The highest BCUT2D eigenvalue weighted by molar-refractivity contribution is 5.83. The summed E-state index contributed by atoms with van der Waals surface area (Å²) in [5.41, 5.74) is 2.24. The van der Waals surface area contributed by atoms with E-state index in [0.29, 0.717) is 32.5 Å². The number of hydrogen-bond acceptors (Lipinski definition) is 3. The standard InChI is InChI=1S/C23H28N2O3/c1-24(14-13-18-7-4-3-5-8-18)23(27)20-11-12-22(26)25(17-20)16-19-9-6-10-21(15-19)28-2/h3-10,15,20H,11-14,16-17H2,1-2H3/t20-/m0/s1. The molecule has 5 nitrogen and oxygen atoms in total. The highest BCUT2D eigenvalue weighted by Crippen LogP contribution is 2.23. The molecule has 3 rings (SSSR count). The Kier molecular flexibility index (Phi) is 6.69. The molecule has 0 saturated carbocycles. The van der Waals surface area contributed by atoms with E-state index in [1.165, 1.54) is 5.56 Å². The number of likely N-dealkylation sites (tertiary alicyclic amines) is 1. The molecule has 2 aromatic carbocycles. The van der Waals surface area contributed by atoms with Gasteiger partial charge in [0.1, 0.15) is 5.75 Å². The lowest BCUT2D eigenvalue weighted by molar-refractivity contribution is -0.142. The van der Waals surface area contributed by atoms with Crippen LogP contribution in [-0.4, -0.2) is 48.9 Å². The van der Waals surface area contributed by atoms with Gasteiger partial charge in [0.2, 0.25) is 11.8 Å². The van der Waals surface area contributed by atoms with Crippen molar-refractivity contribution in [1.82, 2.24) is 9.80 Å². The Morgan fingerprint density at radius 3 is 2.64 bits per heavy atom. The van der Waals surface area contributed by atoms with E-state index in [2.05, 4.69) is 12.1 Å². The van der Waals surface area contributed by atoms with E-state index in [4.69, 9.17) is 4.74 Å². The summed E-state index contributed by atoms with van der Waals surface area (Å²) in [5.74, 6) is 0.872. The molecular weight excluding hydrogens is 352 g/mol. The van der Waals surface area contributed by atoms with Crippen molar-refractivity contribution >= 4 is 11.8 Å². The molecule has 2 aromatic rings. The van der Waals surface area contributed by atoms with Crippen molar-refractivity contribution in [2.45, 2.75) is 25.8 Å². The van der Waals surface area contributed by atoms with E-state index in [1.807, 2.05) is 49.5 Å². The van der Waals surface area contributed by atoms with Crippen LogP contribution in [0.3, 0.4) is 0 Å². The van der Waals surface area contributed by atoms with Gasteiger partial charge in [-0.1, -0.05) is 42.5 Å². The first-order valence-corrected chi connectivity index (χ1v) is 9.76. The van der Waals surface area contributed by atoms with Gasteiger partial charge in [0.05, 0.1) is 13.0 Å². The summed E-state index contributed by atoms with van der Waals surface area (Å²) in [6, 6.07) is 17.9. The molecule has 0 unspecified atom stereocenters. The number of carbonyl (C=O) groups excluding carboxylic acids is 2.